The minimum absolute atomic E-state index is 0.0269. The zero-order valence-electron chi connectivity index (χ0n) is 13.1. The van der Waals surface area contributed by atoms with Crippen molar-refractivity contribution in [2.45, 2.75) is 39.8 Å². The summed E-state index contributed by atoms with van der Waals surface area (Å²) in [7, 11) is 0. The molecule has 112 valence electrons. The molecule has 2 unspecified atom stereocenters. The van der Waals surface area contributed by atoms with Crippen LogP contribution in [0.1, 0.15) is 50.9 Å². The predicted octanol–water partition coefficient (Wildman–Crippen LogP) is 4.66. The Kier molecular flexibility index (Phi) is 4.73. The van der Waals surface area contributed by atoms with Gasteiger partial charge in [0.05, 0.1) is 0 Å². The molecule has 2 rings (SSSR count). The van der Waals surface area contributed by atoms with Gasteiger partial charge in [0.1, 0.15) is 5.82 Å². The fraction of sp³-hybridized carbons (Fsp3) is 0.389. The van der Waals surface area contributed by atoms with Crippen LogP contribution in [0.5, 0.6) is 0 Å². The third-order valence-corrected chi connectivity index (χ3v) is 3.69. The number of benzene rings is 1. The lowest BCUT2D eigenvalue weighted by atomic mass is 9.81. The van der Waals surface area contributed by atoms with Crippen molar-refractivity contribution in [2.24, 2.45) is 5.41 Å². The summed E-state index contributed by atoms with van der Waals surface area (Å²) in [5.74, 6) is -0.200. The van der Waals surface area contributed by atoms with Gasteiger partial charge in [-0.25, -0.2) is 4.39 Å². The summed E-state index contributed by atoms with van der Waals surface area (Å²) < 4.78 is 13.1. The van der Waals surface area contributed by atoms with E-state index < -0.39 is 0 Å². The Morgan fingerprint density at radius 1 is 0.952 bits per heavy atom. The standard InChI is InChI=1S/C18H23FN2/c1-13(14-9-11-20-12-10-14)21-17(18(2,3)4)15-5-7-16(19)8-6-15/h5-13,17,21H,1-4H3. The van der Waals surface area contributed by atoms with Gasteiger partial charge in [-0.3, -0.25) is 4.98 Å². The van der Waals surface area contributed by atoms with Gasteiger partial charge in [-0.05, 0) is 47.7 Å². The first-order valence-corrected chi connectivity index (χ1v) is 7.29. The Hall–Kier alpha value is -1.74. The summed E-state index contributed by atoms with van der Waals surface area (Å²) in [6.45, 7) is 8.70. The average molecular weight is 286 g/mol. The number of nitrogens with zero attached hydrogens (tertiary/aromatic N) is 1. The molecule has 0 saturated carbocycles. The molecule has 2 aromatic rings. The number of pyridine rings is 1. The van der Waals surface area contributed by atoms with Crippen molar-refractivity contribution in [1.82, 2.24) is 10.3 Å². The highest BCUT2D eigenvalue weighted by Gasteiger charge is 2.27. The van der Waals surface area contributed by atoms with Crippen molar-refractivity contribution in [2.75, 3.05) is 0 Å². The van der Waals surface area contributed by atoms with Crippen molar-refractivity contribution >= 4 is 0 Å². The molecular formula is C18H23FN2. The van der Waals surface area contributed by atoms with E-state index in [9.17, 15) is 4.39 Å². The molecule has 2 nitrogen and oxygen atoms in total. The van der Waals surface area contributed by atoms with E-state index in [2.05, 4.69) is 38.0 Å². The molecule has 0 spiro atoms. The molecule has 0 saturated heterocycles. The lowest BCUT2D eigenvalue weighted by Crippen LogP contribution is -2.34. The predicted molar refractivity (Wildman–Crippen MR) is 84.4 cm³/mol. The third-order valence-electron chi connectivity index (χ3n) is 3.69. The maximum Gasteiger partial charge on any atom is 0.123 e. The first kappa shape index (κ1) is 15.6. The van der Waals surface area contributed by atoms with Gasteiger partial charge >= 0.3 is 0 Å². The fourth-order valence-corrected chi connectivity index (χ4v) is 2.50. The van der Waals surface area contributed by atoms with Crippen molar-refractivity contribution in [1.29, 1.82) is 0 Å². The van der Waals surface area contributed by atoms with Crippen LogP contribution in [0.4, 0.5) is 4.39 Å². The Morgan fingerprint density at radius 3 is 2.05 bits per heavy atom. The average Bonchev–Trinajstić information content (AvgIpc) is 2.45. The summed E-state index contributed by atoms with van der Waals surface area (Å²) in [6.07, 6.45) is 3.61. The van der Waals surface area contributed by atoms with E-state index in [1.807, 2.05) is 24.3 Å². The lowest BCUT2D eigenvalue weighted by molar-refractivity contribution is 0.254. The molecule has 0 bridgehead atoms. The van der Waals surface area contributed by atoms with E-state index in [1.165, 1.54) is 17.7 Å². The number of hydrogen-bond donors (Lipinski definition) is 1. The van der Waals surface area contributed by atoms with Crippen LogP contribution < -0.4 is 5.32 Å². The second-order valence-electron chi connectivity index (χ2n) is 6.52. The number of aromatic nitrogens is 1. The molecule has 1 aromatic heterocycles. The Labute approximate surface area is 126 Å². The number of rotatable bonds is 4. The van der Waals surface area contributed by atoms with Gasteiger partial charge in [-0.1, -0.05) is 32.9 Å². The molecule has 0 radical (unpaired) electrons. The summed E-state index contributed by atoms with van der Waals surface area (Å²) in [5, 5.41) is 3.66. The Balaban J connectivity index is 2.24. The van der Waals surface area contributed by atoms with Gasteiger partial charge in [0.25, 0.3) is 0 Å². The van der Waals surface area contributed by atoms with Crippen LogP contribution in [-0.4, -0.2) is 4.98 Å². The molecule has 2 atom stereocenters. The highest BCUT2D eigenvalue weighted by molar-refractivity contribution is 5.23. The van der Waals surface area contributed by atoms with E-state index in [1.54, 1.807) is 12.4 Å². The van der Waals surface area contributed by atoms with Crippen LogP contribution in [0.15, 0.2) is 48.8 Å². The molecule has 0 aliphatic rings. The molecule has 3 heteroatoms. The smallest absolute Gasteiger partial charge is 0.123 e. The summed E-state index contributed by atoms with van der Waals surface area (Å²) in [4.78, 5) is 4.05. The van der Waals surface area contributed by atoms with Gasteiger partial charge in [0, 0.05) is 24.5 Å². The second-order valence-corrected chi connectivity index (χ2v) is 6.52. The molecule has 0 fully saturated rings. The quantitative estimate of drug-likeness (QED) is 0.884. The molecule has 0 amide bonds. The SMILES string of the molecule is CC(NC(c1ccc(F)cc1)C(C)(C)C)c1ccncc1. The van der Waals surface area contributed by atoms with Crippen LogP contribution in [0.25, 0.3) is 0 Å². The van der Waals surface area contributed by atoms with Crippen LogP contribution in [0.3, 0.4) is 0 Å². The molecule has 0 aliphatic heterocycles. The maximum absolute atomic E-state index is 13.1. The molecule has 1 N–H and O–H groups in total. The molecule has 1 heterocycles. The summed E-state index contributed by atoms with van der Waals surface area (Å²) in [5.41, 5.74) is 2.32. The normalized spacial score (nSPS) is 14.7. The zero-order chi connectivity index (χ0) is 15.5. The molecule has 0 aliphatic carbocycles. The van der Waals surface area contributed by atoms with Crippen molar-refractivity contribution in [3.63, 3.8) is 0 Å². The van der Waals surface area contributed by atoms with Crippen molar-refractivity contribution in [3.8, 4) is 0 Å². The number of halogens is 1. The minimum Gasteiger partial charge on any atom is -0.303 e. The maximum atomic E-state index is 13.1. The number of nitrogens with one attached hydrogen (secondary N) is 1. The molecular weight excluding hydrogens is 263 g/mol. The van der Waals surface area contributed by atoms with Crippen LogP contribution in [-0.2, 0) is 0 Å². The fourth-order valence-electron chi connectivity index (χ4n) is 2.50. The molecule has 1 aromatic carbocycles. The topological polar surface area (TPSA) is 24.9 Å². The summed E-state index contributed by atoms with van der Waals surface area (Å²) in [6, 6.07) is 11.1. The highest BCUT2D eigenvalue weighted by Crippen LogP contribution is 2.34. The van der Waals surface area contributed by atoms with E-state index in [-0.39, 0.29) is 23.3 Å². The van der Waals surface area contributed by atoms with Crippen LogP contribution >= 0.6 is 0 Å². The van der Waals surface area contributed by atoms with E-state index in [0.29, 0.717) is 0 Å². The number of hydrogen-bond acceptors (Lipinski definition) is 2. The molecule has 21 heavy (non-hydrogen) atoms. The lowest BCUT2D eigenvalue weighted by Gasteiger charge is -2.34. The first-order valence-electron chi connectivity index (χ1n) is 7.29. The van der Waals surface area contributed by atoms with Crippen LogP contribution in [0, 0.1) is 11.2 Å². The second kappa shape index (κ2) is 6.35. The monoisotopic (exact) mass is 286 g/mol. The van der Waals surface area contributed by atoms with Crippen LogP contribution in [0.2, 0.25) is 0 Å². The van der Waals surface area contributed by atoms with Gasteiger partial charge in [0.2, 0.25) is 0 Å². The van der Waals surface area contributed by atoms with Crippen molar-refractivity contribution in [3.05, 3.63) is 65.7 Å². The van der Waals surface area contributed by atoms with Gasteiger partial charge in [0.15, 0.2) is 0 Å². The summed E-state index contributed by atoms with van der Waals surface area (Å²) >= 11 is 0. The zero-order valence-corrected chi connectivity index (χ0v) is 13.1. The largest absolute Gasteiger partial charge is 0.303 e. The van der Waals surface area contributed by atoms with E-state index >= 15 is 0 Å². The Bertz CT molecular complexity index is 558. The van der Waals surface area contributed by atoms with E-state index in [0.717, 1.165) is 5.56 Å². The van der Waals surface area contributed by atoms with Gasteiger partial charge in [-0.2, -0.15) is 0 Å². The third kappa shape index (κ3) is 4.11. The minimum atomic E-state index is -0.200. The van der Waals surface area contributed by atoms with Gasteiger partial charge in [-0.15, -0.1) is 0 Å². The first-order chi connectivity index (χ1) is 9.88. The van der Waals surface area contributed by atoms with Gasteiger partial charge < -0.3 is 5.32 Å². The highest BCUT2D eigenvalue weighted by atomic mass is 19.1. The van der Waals surface area contributed by atoms with Crippen molar-refractivity contribution < 1.29 is 4.39 Å². The van der Waals surface area contributed by atoms with E-state index in [4.69, 9.17) is 0 Å². The Morgan fingerprint density at radius 2 is 1.52 bits per heavy atom.